The minimum Gasteiger partial charge on any atom is -0.481 e. The summed E-state index contributed by atoms with van der Waals surface area (Å²) in [6, 6.07) is 1.70. The molecule has 0 aliphatic carbocycles. The maximum absolute atomic E-state index is 11.7. The first-order chi connectivity index (χ1) is 9.18. The van der Waals surface area contributed by atoms with Crippen molar-refractivity contribution in [3.05, 3.63) is 11.8 Å². The number of anilines is 1. The molecule has 0 aromatic carbocycles. The van der Waals surface area contributed by atoms with Crippen LogP contribution in [0.3, 0.4) is 0 Å². The SMILES string of the molecule is CC(CC(=O)O)SCC(=O)Nc1cc(C(C)(C)C)no1. The van der Waals surface area contributed by atoms with Crippen molar-refractivity contribution < 1.29 is 19.2 Å². The third-order valence-electron chi connectivity index (χ3n) is 2.50. The van der Waals surface area contributed by atoms with E-state index in [0.717, 1.165) is 5.69 Å². The largest absolute Gasteiger partial charge is 0.481 e. The van der Waals surface area contributed by atoms with Crippen molar-refractivity contribution in [2.45, 2.75) is 44.8 Å². The molecule has 1 rings (SSSR count). The van der Waals surface area contributed by atoms with E-state index in [1.807, 2.05) is 20.8 Å². The summed E-state index contributed by atoms with van der Waals surface area (Å²) < 4.78 is 5.05. The molecule has 20 heavy (non-hydrogen) atoms. The van der Waals surface area contributed by atoms with Gasteiger partial charge in [0.05, 0.1) is 17.9 Å². The summed E-state index contributed by atoms with van der Waals surface area (Å²) in [6.07, 6.45) is 0.0361. The van der Waals surface area contributed by atoms with Gasteiger partial charge in [-0.3, -0.25) is 14.9 Å². The second-order valence-corrected chi connectivity index (χ2v) is 7.02. The molecular formula is C13H20N2O4S. The van der Waals surface area contributed by atoms with Crippen LogP contribution in [0.25, 0.3) is 0 Å². The highest BCUT2D eigenvalue weighted by Gasteiger charge is 2.20. The van der Waals surface area contributed by atoms with E-state index in [4.69, 9.17) is 9.63 Å². The minimum atomic E-state index is -0.865. The molecule has 2 N–H and O–H groups in total. The highest BCUT2D eigenvalue weighted by Crippen LogP contribution is 2.23. The maximum Gasteiger partial charge on any atom is 0.304 e. The number of carboxylic acid groups (broad SMARTS) is 1. The Morgan fingerprint density at radius 2 is 2.15 bits per heavy atom. The van der Waals surface area contributed by atoms with Gasteiger partial charge in [-0.05, 0) is 0 Å². The summed E-state index contributed by atoms with van der Waals surface area (Å²) in [6.45, 7) is 7.78. The Balaban J connectivity index is 2.43. The van der Waals surface area contributed by atoms with E-state index in [1.165, 1.54) is 11.8 Å². The van der Waals surface area contributed by atoms with Crippen LogP contribution in [0, 0.1) is 0 Å². The minimum absolute atomic E-state index is 0.0361. The van der Waals surface area contributed by atoms with E-state index >= 15 is 0 Å². The Morgan fingerprint density at radius 3 is 2.65 bits per heavy atom. The Labute approximate surface area is 122 Å². The van der Waals surface area contributed by atoms with Crippen LogP contribution in [0.4, 0.5) is 5.88 Å². The lowest BCUT2D eigenvalue weighted by atomic mass is 9.92. The molecule has 0 bridgehead atoms. The molecule has 0 fully saturated rings. The summed E-state index contributed by atoms with van der Waals surface area (Å²) in [7, 11) is 0. The third kappa shape index (κ3) is 5.64. The Morgan fingerprint density at radius 1 is 1.50 bits per heavy atom. The Bertz CT molecular complexity index is 479. The van der Waals surface area contributed by atoms with E-state index in [0.29, 0.717) is 5.88 Å². The number of nitrogens with one attached hydrogen (secondary N) is 1. The van der Waals surface area contributed by atoms with Crippen molar-refractivity contribution in [1.29, 1.82) is 0 Å². The molecule has 7 heteroatoms. The lowest BCUT2D eigenvalue weighted by Gasteiger charge is -2.12. The predicted molar refractivity (Wildman–Crippen MR) is 78.0 cm³/mol. The molecule has 0 saturated heterocycles. The highest BCUT2D eigenvalue weighted by atomic mass is 32.2. The second-order valence-electron chi connectivity index (χ2n) is 5.59. The summed E-state index contributed by atoms with van der Waals surface area (Å²) in [4.78, 5) is 22.2. The molecular weight excluding hydrogens is 280 g/mol. The fraction of sp³-hybridized carbons (Fsp3) is 0.615. The molecule has 0 saturated carbocycles. The van der Waals surface area contributed by atoms with Crippen LogP contribution in [-0.4, -0.2) is 33.1 Å². The van der Waals surface area contributed by atoms with E-state index in [2.05, 4.69) is 10.5 Å². The van der Waals surface area contributed by atoms with Crippen molar-refractivity contribution in [2.75, 3.05) is 11.1 Å². The van der Waals surface area contributed by atoms with Gasteiger partial charge < -0.3 is 9.63 Å². The number of aromatic nitrogens is 1. The number of amides is 1. The van der Waals surface area contributed by atoms with Gasteiger partial charge in [0.1, 0.15) is 0 Å². The van der Waals surface area contributed by atoms with Crippen LogP contribution >= 0.6 is 11.8 Å². The van der Waals surface area contributed by atoms with Crippen molar-refractivity contribution in [3.63, 3.8) is 0 Å². The zero-order valence-electron chi connectivity index (χ0n) is 12.1. The number of carbonyl (C=O) groups is 2. The van der Waals surface area contributed by atoms with Crippen LogP contribution in [0.1, 0.15) is 39.8 Å². The third-order valence-corrected chi connectivity index (χ3v) is 3.67. The number of nitrogens with zero attached hydrogens (tertiary/aromatic N) is 1. The molecule has 112 valence electrons. The first-order valence-corrected chi connectivity index (χ1v) is 7.34. The smallest absolute Gasteiger partial charge is 0.304 e. The molecule has 1 unspecified atom stereocenters. The maximum atomic E-state index is 11.7. The zero-order valence-corrected chi connectivity index (χ0v) is 12.9. The summed E-state index contributed by atoms with van der Waals surface area (Å²) in [5, 5.41) is 15.0. The molecule has 1 heterocycles. The van der Waals surface area contributed by atoms with Gasteiger partial charge in [0.25, 0.3) is 0 Å². The van der Waals surface area contributed by atoms with Gasteiger partial charge in [-0.2, -0.15) is 0 Å². The monoisotopic (exact) mass is 300 g/mol. The first-order valence-electron chi connectivity index (χ1n) is 6.29. The van der Waals surface area contributed by atoms with Crippen LogP contribution in [0.5, 0.6) is 0 Å². The quantitative estimate of drug-likeness (QED) is 0.838. The van der Waals surface area contributed by atoms with E-state index in [9.17, 15) is 9.59 Å². The van der Waals surface area contributed by atoms with Gasteiger partial charge >= 0.3 is 5.97 Å². The number of aliphatic carboxylic acids is 1. The van der Waals surface area contributed by atoms with Crippen LogP contribution in [0.15, 0.2) is 10.6 Å². The van der Waals surface area contributed by atoms with Gasteiger partial charge in [-0.15, -0.1) is 11.8 Å². The topological polar surface area (TPSA) is 92.4 Å². The normalized spacial score (nSPS) is 13.0. The molecule has 6 nitrogen and oxygen atoms in total. The van der Waals surface area contributed by atoms with Crippen LogP contribution < -0.4 is 5.32 Å². The standard InChI is InChI=1S/C13H20N2O4S/c1-8(5-12(17)18)20-7-10(16)14-11-6-9(15-19-11)13(2,3)4/h6,8H,5,7H2,1-4H3,(H,14,16)(H,17,18). The van der Waals surface area contributed by atoms with Crippen LogP contribution in [0.2, 0.25) is 0 Å². The average Bonchev–Trinajstić information content (AvgIpc) is 2.73. The number of thioether (sulfide) groups is 1. The molecule has 0 aliphatic heterocycles. The number of carboxylic acids is 1. The molecule has 1 aromatic rings. The first kappa shape index (κ1) is 16.6. The van der Waals surface area contributed by atoms with E-state index in [-0.39, 0.29) is 28.7 Å². The van der Waals surface area contributed by atoms with Crippen molar-refractivity contribution >= 4 is 29.5 Å². The van der Waals surface area contributed by atoms with Gasteiger partial charge in [0, 0.05) is 16.7 Å². The zero-order chi connectivity index (χ0) is 15.3. The Hall–Kier alpha value is -1.50. The van der Waals surface area contributed by atoms with Gasteiger partial charge in [0.2, 0.25) is 11.8 Å². The number of carbonyl (C=O) groups excluding carboxylic acids is 1. The van der Waals surface area contributed by atoms with Gasteiger partial charge in [0.15, 0.2) is 0 Å². The highest BCUT2D eigenvalue weighted by molar-refractivity contribution is 8.00. The lowest BCUT2D eigenvalue weighted by Crippen LogP contribution is -2.16. The number of rotatable bonds is 6. The molecule has 1 aromatic heterocycles. The van der Waals surface area contributed by atoms with Crippen molar-refractivity contribution in [3.8, 4) is 0 Å². The van der Waals surface area contributed by atoms with Gasteiger partial charge in [-0.25, -0.2) is 0 Å². The summed E-state index contributed by atoms with van der Waals surface area (Å²) in [5.74, 6) is -0.606. The second kappa shape index (κ2) is 6.78. The molecule has 0 spiro atoms. The van der Waals surface area contributed by atoms with Crippen molar-refractivity contribution in [2.24, 2.45) is 0 Å². The van der Waals surface area contributed by atoms with Crippen LogP contribution in [-0.2, 0) is 15.0 Å². The van der Waals surface area contributed by atoms with E-state index < -0.39 is 5.97 Å². The number of hydrogen-bond donors (Lipinski definition) is 2. The Kier molecular flexibility index (Phi) is 5.62. The summed E-state index contributed by atoms with van der Waals surface area (Å²) >= 11 is 1.29. The summed E-state index contributed by atoms with van der Waals surface area (Å²) in [5.41, 5.74) is 0.622. The predicted octanol–water partition coefficient (Wildman–Crippen LogP) is 2.51. The number of hydrogen-bond acceptors (Lipinski definition) is 5. The average molecular weight is 300 g/mol. The lowest BCUT2D eigenvalue weighted by molar-refractivity contribution is -0.136. The molecule has 1 atom stereocenters. The van der Waals surface area contributed by atoms with Crippen molar-refractivity contribution in [1.82, 2.24) is 5.16 Å². The molecule has 0 aliphatic rings. The molecule has 1 amide bonds. The fourth-order valence-corrected chi connectivity index (χ4v) is 2.15. The van der Waals surface area contributed by atoms with Gasteiger partial charge in [-0.1, -0.05) is 32.9 Å². The molecule has 0 radical (unpaired) electrons. The van der Waals surface area contributed by atoms with E-state index in [1.54, 1.807) is 13.0 Å². The fourth-order valence-electron chi connectivity index (χ4n) is 1.38.